The second kappa shape index (κ2) is 7.98. The van der Waals surface area contributed by atoms with Gasteiger partial charge in [0.2, 0.25) is 0 Å². The summed E-state index contributed by atoms with van der Waals surface area (Å²) in [5.41, 5.74) is 7.07. The van der Waals surface area contributed by atoms with Crippen LogP contribution in [0, 0.1) is 0 Å². The third kappa shape index (κ3) is 4.29. The molecule has 1 aromatic rings. The minimum absolute atomic E-state index is 0. The van der Waals surface area contributed by atoms with E-state index in [-0.39, 0.29) is 18.4 Å². The first-order valence-corrected chi connectivity index (χ1v) is 5.31. The van der Waals surface area contributed by atoms with Gasteiger partial charge < -0.3 is 15.2 Å². The van der Waals surface area contributed by atoms with Gasteiger partial charge in [0.1, 0.15) is 11.5 Å². The van der Waals surface area contributed by atoms with Crippen LogP contribution in [-0.2, 0) is 0 Å². The summed E-state index contributed by atoms with van der Waals surface area (Å²) in [6.07, 6.45) is 3.61. The predicted molar refractivity (Wildman–Crippen MR) is 73.2 cm³/mol. The van der Waals surface area contributed by atoms with Crippen LogP contribution in [0.25, 0.3) is 0 Å². The van der Waals surface area contributed by atoms with Crippen molar-refractivity contribution in [1.82, 2.24) is 0 Å². The van der Waals surface area contributed by atoms with Crippen molar-refractivity contribution in [2.75, 3.05) is 14.2 Å². The molecule has 1 atom stereocenters. The van der Waals surface area contributed by atoms with Crippen molar-refractivity contribution < 1.29 is 9.47 Å². The van der Waals surface area contributed by atoms with Gasteiger partial charge in [-0.3, -0.25) is 0 Å². The smallest absolute Gasteiger partial charge is 0.123 e. The number of halogens is 1. The molecule has 0 unspecified atom stereocenters. The van der Waals surface area contributed by atoms with E-state index in [1.54, 1.807) is 14.2 Å². The predicted octanol–water partition coefficient (Wildman–Crippen LogP) is 3.09. The number of allylic oxidation sites excluding steroid dienone is 1. The third-order valence-corrected chi connectivity index (χ3v) is 2.52. The molecule has 0 saturated carbocycles. The average Bonchev–Trinajstić information content (AvgIpc) is 2.35. The van der Waals surface area contributed by atoms with Crippen molar-refractivity contribution in [3.05, 3.63) is 36.4 Å². The standard InChI is InChI=1S/C13H19NO2.ClH/c1-4-5-6-12(14)11-9-10(15-2)7-8-13(11)16-3;/h4,7-9,12H,1,5-6,14H2,2-3H3;1H/t12-;/m1./s1. The summed E-state index contributed by atoms with van der Waals surface area (Å²) in [5, 5.41) is 0. The highest BCUT2D eigenvalue weighted by molar-refractivity contribution is 5.85. The van der Waals surface area contributed by atoms with Gasteiger partial charge in [0.15, 0.2) is 0 Å². The normalized spacial score (nSPS) is 11.2. The van der Waals surface area contributed by atoms with E-state index >= 15 is 0 Å². The molecular formula is C13H20ClNO2. The van der Waals surface area contributed by atoms with Crippen LogP contribution >= 0.6 is 12.4 Å². The van der Waals surface area contributed by atoms with Crippen LogP contribution in [0.15, 0.2) is 30.9 Å². The van der Waals surface area contributed by atoms with Crippen LogP contribution in [0.4, 0.5) is 0 Å². The maximum atomic E-state index is 6.10. The van der Waals surface area contributed by atoms with Gasteiger partial charge in [-0.1, -0.05) is 6.08 Å². The number of methoxy groups -OCH3 is 2. The molecule has 96 valence electrons. The summed E-state index contributed by atoms with van der Waals surface area (Å²) in [4.78, 5) is 0. The fraction of sp³-hybridized carbons (Fsp3) is 0.385. The van der Waals surface area contributed by atoms with Gasteiger partial charge in [-0.05, 0) is 31.0 Å². The zero-order valence-corrected chi connectivity index (χ0v) is 11.1. The van der Waals surface area contributed by atoms with Gasteiger partial charge in [-0.15, -0.1) is 19.0 Å². The Morgan fingerprint density at radius 1 is 1.35 bits per heavy atom. The highest BCUT2D eigenvalue weighted by Crippen LogP contribution is 2.30. The molecule has 1 rings (SSSR count). The Bertz CT molecular complexity index is 355. The van der Waals surface area contributed by atoms with Crippen molar-refractivity contribution in [3.63, 3.8) is 0 Å². The van der Waals surface area contributed by atoms with Crippen molar-refractivity contribution >= 4 is 12.4 Å². The van der Waals surface area contributed by atoms with Gasteiger partial charge in [-0.25, -0.2) is 0 Å². The molecule has 0 aliphatic heterocycles. The van der Waals surface area contributed by atoms with E-state index in [1.807, 2.05) is 24.3 Å². The third-order valence-electron chi connectivity index (χ3n) is 2.52. The lowest BCUT2D eigenvalue weighted by Gasteiger charge is -2.16. The molecule has 3 nitrogen and oxygen atoms in total. The second-order valence-corrected chi connectivity index (χ2v) is 3.58. The van der Waals surface area contributed by atoms with Crippen LogP contribution in [0.3, 0.4) is 0 Å². The summed E-state index contributed by atoms with van der Waals surface area (Å²) < 4.78 is 10.5. The molecule has 0 aliphatic rings. The summed E-state index contributed by atoms with van der Waals surface area (Å²) >= 11 is 0. The van der Waals surface area contributed by atoms with Gasteiger partial charge in [0, 0.05) is 11.6 Å². The van der Waals surface area contributed by atoms with E-state index in [0.717, 1.165) is 29.9 Å². The zero-order chi connectivity index (χ0) is 12.0. The number of hydrogen-bond acceptors (Lipinski definition) is 3. The molecule has 0 bridgehead atoms. The maximum Gasteiger partial charge on any atom is 0.123 e. The zero-order valence-electron chi connectivity index (χ0n) is 10.3. The Morgan fingerprint density at radius 3 is 2.59 bits per heavy atom. The molecule has 0 aliphatic carbocycles. The molecule has 0 heterocycles. The molecule has 0 spiro atoms. The van der Waals surface area contributed by atoms with Crippen molar-refractivity contribution in [2.24, 2.45) is 5.73 Å². The first-order valence-electron chi connectivity index (χ1n) is 5.31. The first kappa shape index (κ1) is 15.8. The van der Waals surface area contributed by atoms with Gasteiger partial charge >= 0.3 is 0 Å². The van der Waals surface area contributed by atoms with Crippen LogP contribution in [0.2, 0.25) is 0 Å². The van der Waals surface area contributed by atoms with Crippen LogP contribution in [0.1, 0.15) is 24.4 Å². The minimum Gasteiger partial charge on any atom is -0.497 e. The first-order chi connectivity index (χ1) is 7.72. The Kier molecular flexibility index (Phi) is 7.42. The topological polar surface area (TPSA) is 44.5 Å². The number of benzene rings is 1. The van der Waals surface area contributed by atoms with Crippen molar-refractivity contribution in [2.45, 2.75) is 18.9 Å². The lowest BCUT2D eigenvalue weighted by atomic mass is 10.0. The molecule has 1 aromatic carbocycles. The number of rotatable bonds is 6. The molecule has 17 heavy (non-hydrogen) atoms. The number of nitrogens with two attached hydrogens (primary N) is 1. The largest absolute Gasteiger partial charge is 0.497 e. The molecule has 0 saturated heterocycles. The van der Waals surface area contributed by atoms with E-state index in [0.29, 0.717) is 0 Å². The molecular weight excluding hydrogens is 238 g/mol. The molecule has 0 amide bonds. The lowest BCUT2D eigenvalue weighted by Crippen LogP contribution is -2.11. The van der Waals surface area contributed by atoms with Gasteiger partial charge in [0.25, 0.3) is 0 Å². The Hall–Kier alpha value is -1.19. The molecule has 4 heteroatoms. The van der Waals surface area contributed by atoms with Crippen molar-refractivity contribution in [3.8, 4) is 11.5 Å². The van der Waals surface area contributed by atoms with Crippen LogP contribution < -0.4 is 15.2 Å². The van der Waals surface area contributed by atoms with Crippen LogP contribution in [-0.4, -0.2) is 14.2 Å². The maximum absolute atomic E-state index is 6.10. The molecule has 0 fully saturated rings. The quantitative estimate of drug-likeness (QED) is 0.797. The Morgan fingerprint density at radius 2 is 2.06 bits per heavy atom. The SMILES string of the molecule is C=CCC[C@@H](N)c1cc(OC)ccc1OC.Cl. The van der Waals surface area contributed by atoms with E-state index in [2.05, 4.69) is 6.58 Å². The molecule has 0 aromatic heterocycles. The summed E-state index contributed by atoms with van der Waals surface area (Å²) in [5.74, 6) is 1.60. The highest BCUT2D eigenvalue weighted by Gasteiger charge is 2.12. The molecule has 0 radical (unpaired) electrons. The van der Waals surface area contributed by atoms with Gasteiger partial charge in [-0.2, -0.15) is 0 Å². The van der Waals surface area contributed by atoms with E-state index in [4.69, 9.17) is 15.2 Å². The van der Waals surface area contributed by atoms with E-state index in [1.165, 1.54) is 0 Å². The van der Waals surface area contributed by atoms with Crippen molar-refractivity contribution in [1.29, 1.82) is 0 Å². The highest BCUT2D eigenvalue weighted by atomic mass is 35.5. The summed E-state index contributed by atoms with van der Waals surface area (Å²) in [6, 6.07) is 5.61. The van der Waals surface area contributed by atoms with Crippen LogP contribution in [0.5, 0.6) is 11.5 Å². The lowest BCUT2D eigenvalue weighted by molar-refractivity contribution is 0.394. The molecule has 2 N–H and O–H groups in total. The summed E-state index contributed by atoms with van der Waals surface area (Å²) in [6.45, 7) is 3.69. The van der Waals surface area contributed by atoms with Gasteiger partial charge in [0.05, 0.1) is 14.2 Å². The van der Waals surface area contributed by atoms with E-state index in [9.17, 15) is 0 Å². The monoisotopic (exact) mass is 257 g/mol. The van der Waals surface area contributed by atoms with E-state index < -0.39 is 0 Å². The Labute approximate surface area is 109 Å². The fourth-order valence-electron chi connectivity index (χ4n) is 1.58. The fourth-order valence-corrected chi connectivity index (χ4v) is 1.58. The Balaban J connectivity index is 0.00000256. The minimum atomic E-state index is -0.0527. The summed E-state index contributed by atoms with van der Waals surface area (Å²) in [7, 11) is 3.28. The number of ether oxygens (including phenoxy) is 2. The number of hydrogen-bond donors (Lipinski definition) is 1. The second-order valence-electron chi connectivity index (χ2n) is 3.58. The average molecular weight is 258 g/mol.